The molecular formula is C23H27N3O3. The standard InChI is InChI=1S/C23H27N3O3/c1-24(2)14-22(29)26-19-13-25(21(28)12-16-8-4-3-5-9-16)18-11-7-6-10-17(18)23(19)20(26)15-27/h3-11,19-20,23,27H,12-15H2,1-2H3/t19-,20-,23+/m0/s1. The fourth-order valence-electron chi connectivity index (χ4n) is 4.69. The maximum Gasteiger partial charge on any atom is 0.237 e. The number of anilines is 1. The zero-order valence-corrected chi connectivity index (χ0v) is 16.9. The Labute approximate surface area is 171 Å². The zero-order valence-electron chi connectivity index (χ0n) is 16.9. The summed E-state index contributed by atoms with van der Waals surface area (Å²) in [6, 6.07) is 17.2. The van der Waals surface area contributed by atoms with Gasteiger partial charge in [-0.05, 0) is 31.3 Å². The molecule has 1 saturated heterocycles. The Balaban J connectivity index is 1.64. The Hall–Kier alpha value is -2.70. The first kappa shape index (κ1) is 19.6. The van der Waals surface area contributed by atoms with E-state index >= 15 is 0 Å². The number of nitrogens with zero attached hydrogens (tertiary/aromatic N) is 3. The van der Waals surface area contributed by atoms with E-state index in [1.165, 1.54) is 0 Å². The number of rotatable bonds is 5. The first-order valence-corrected chi connectivity index (χ1v) is 10.0. The van der Waals surface area contributed by atoms with Crippen LogP contribution in [-0.2, 0) is 16.0 Å². The van der Waals surface area contributed by atoms with Crippen LogP contribution in [0.2, 0.25) is 0 Å². The summed E-state index contributed by atoms with van der Waals surface area (Å²) in [5.41, 5.74) is 2.91. The number of amides is 2. The average Bonchev–Trinajstić information content (AvgIpc) is 2.68. The number of benzene rings is 2. The minimum absolute atomic E-state index is 0.00913. The smallest absolute Gasteiger partial charge is 0.237 e. The van der Waals surface area contributed by atoms with Crippen LogP contribution in [0.15, 0.2) is 54.6 Å². The lowest BCUT2D eigenvalue weighted by Crippen LogP contribution is -2.71. The van der Waals surface area contributed by atoms with Crippen molar-refractivity contribution in [2.45, 2.75) is 24.4 Å². The molecular weight excluding hydrogens is 366 g/mol. The number of likely N-dealkylation sites (N-methyl/N-ethyl adjacent to an activating group) is 1. The Morgan fingerprint density at radius 2 is 1.72 bits per heavy atom. The van der Waals surface area contributed by atoms with Gasteiger partial charge in [-0.25, -0.2) is 0 Å². The Bertz CT molecular complexity index is 899. The van der Waals surface area contributed by atoms with Crippen molar-refractivity contribution in [1.29, 1.82) is 0 Å². The molecule has 6 nitrogen and oxygen atoms in total. The average molecular weight is 393 g/mol. The lowest BCUT2D eigenvalue weighted by Gasteiger charge is -2.59. The summed E-state index contributed by atoms with van der Waals surface area (Å²) in [4.78, 5) is 31.4. The van der Waals surface area contributed by atoms with E-state index in [1.54, 1.807) is 4.90 Å². The van der Waals surface area contributed by atoms with Crippen molar-refractivity contribution < 1.29 is 14.7 Å². The molecule has 0 unspecified atom stereocenters. The molecule has 29 heavy (non-hydrogen) atoms. The first-order chi connectivity index (χ1) is 14.0. The lowest BCUT2D eigenvalue weighted by molar-refractivity contribution is -0.151. The molecule has 1 N–H and O–H groups in total. The van der Waals surface area contributed by atoms with Crippen LogP contribution in [0.4, 0.5) is 5.69 Å². The molecule has 4 rings (SSSR count). The number of fused-ring (bicyclic) bond motifs is 3. The third-order valence-electron chi connectivity index (χ3n) is 5.93. The van der Waals surface area contributed by atoms with E-state index < -0.39 is 0 Å². The number of hydrogen-bond donors (Lipinski definition) is 1. The van der Waals surface area contributed by atoms with Crippen molar-refractivity contribution in [3.63, 3.8) is 0 Å². The van der Waals surface area contributed by atoms with Gasteiger partial charge in [0.15, 0.2) is 0 Å². The van der Waals surface area contributed by atoms with Gasteiger partial charge in [0.25, 0.3) is 0 Å². The van der Waals surface area contributed by atoms with Crippen LogP contribution in [0.1, 0.15) is 17.0 Å². The minimum Gasteiger partial charge on any atom is -0.394 e. The van der Waals surface area contributed by atoms with Gasteiger partial charge in [0.1, 0.15) is 0 Å². The van der Waals surface area contributed by atoms with Crippen LogP contribution in [0.5, 0.6) is 0 Å². The van der Waals surface area contributed by atoms with Gasteiger partial charge in [-0.3, -0.25) is 9.59 Å². The summed E-state index contributed by atoms with van der Waals surface area (Å²) >= 11 is 0. The second kappa shape index (κ2) is 7.97. The van der Waals surface area contributed by atoms with Crippen LogP contribution in [0.3, 0.4) is 0 Å². The molecule has 0 aromatic heterocycles. The quantitative estimate of drug-likeness (QED) is 0.836. The third-order valence-corrected chi connectivity index (χ3v) is 5.93. The summed E-state index contributed by atoms with van der Waals surface area (Å²) < 4.78 is 0. The maximum atomic E-state index is 13.2. The van der Waals surface area contributed by atoms with Crippen molar-refractivity contribution in [2.24, 2.45) is 0 Å². The second-order valence-electron chi connectivity index (χ2n) is 8.11. The number of likely N-dealkylation sites (tertiary alicyclic amines) is 1. The molecule has 152 valence electrons. The van der Waals surface area contributed by atoms with Crippen LogP contribution < -0.4 is 4.90 Å². The molecule has 3 atom stereocenters. The molecule has 2 aliphatic heterocycles. The summed E-state index contributed by atoms with van der Waals surface area (Å²) in [5, 5.41) is 9.99. The molecule has 0 bridgehead atoms. The SMILES string of the molecule is CN(C)CC(=O)N1[C@@H](CO)[C@@H]2c3ccccc3N(C(=O)Cc3ccccc3)C[C@@H]21. The molecule has 6 heteroatoms. The van der Waals surface area contributed by atoms with E-state index in [0.717, 1.165) is 16.8 Å². The molecule has 0 radical (unpaired) electrons. The monoisotopic (exact) mass is 393 g/mol. The molecule has 0 aliphatic carbocycles. The fourth-order valence-corrected chi connectivity index (χ4v) is 4.69. The maximum absolute atomic E-state index is 13.2. The lowest BCUT2D eigenvalue weighted by atomic mass is 9.71. The van der Waals surface area contributed by atoms with Gasteiger partial charge < -0.3 is 19.8 Å². The predicted molar refractivity (Wildman–Crippen MR) is 112 cm³/mol. The highest BCUT2D eigenvalue weighted by Crippen LogP contribution is 2.48. The number of carbonyl (C=O) groups excluding carboxylic acids is 2. The van der Waals surface area contributed by atoms with Gasteiger partial charge in [0, 0.05) is 18.2 Å². The molecule has 0 saturated carbocycles. The molecule has 1 fully saturated rings. The molecule has 2 aromatic carbocycles. The highest BCUT2D eigenvalue weighted by molar-refractivity contribution is 5.97. The summed E-state index contributed by atoms with van der Waals surface area (Å²) in [7, 11) is 3.71. The first-order valence-electron chi connectivity index (χ1n) is 10.0. The van der Waals surface area contributed by atoms with Crippen molar-refractivity contribution in [2.75, 3.05) is 38.7 Å². The van der Waals surface area contributed by atoms with Gasteiger partial charge in [0.05, 0.1) is 31.7 Å². The van der Waals surface area contributed by atoms with Gasteiger partial charge >= 0.3 is 0 Å². The molecule has 2 heterocycles. The van der Waals surface area contributed by atoms with E-state index in [-0.39, 0.29) is 36.4 Å². The van der Waals surface area contributed by atoms with Gasteiger partial charge in [-0.1, -0.05) is 48.5 Å². The van der Waals surface area contributed by atoms with Crippen molar-refractivity contribution in [3.05, 3.63) is 65.7 Å². The van der Waals surface area contributed by atoms with Crippen molar-refractivity contribution in [1.82, 2.24) is 9.80 Å². The summed E-state index contributed by atoms with van der Waals surface area (Å²) in [6.45, 7) is 0.676. The van der Waals surface area contributed by atoms with Crippen LogP contribution in [-0.4, -0.2) is 72.6 Å². The summed E-state index contributed by atoms with van der Waals surface area (Å²) in [5.74, 6) is 0.0720. The number of aliphatic hydroxyl groups is 1. The topological polar surface area (TPSA) is 64.1 Å². The van der Waals surface area contributed by atoms with Gasteiger partial charge in [-0.15, -0.1) is 0 Å². The summed E-state index contributed by atoms with van der Waals surface area (Å²) in [6.07, 6.45) is 0.321. The number of aliphatic hydroxyl groups excluding tert-OH is 1. The fraction of sp³-hybridized carbons (Fsp3) is 0.391. The normalized spacial score (nSPS) is 22.7. The van der Waals surface area contributed by atoms with Gasteiger partial charge in [-0.2, -0.15) is 0 Å². The Kier molecular flexibility index (Phi) is 5.39. The Morgan fingerprint density at radius 1 is 1.03 bits per heavy atom. The van der Waals surface area contributed by atoms with Gasteiger partial charge in [0.2, 0.25) is 11.8 Å². The molecule has 2 aromatic rings. The largest absolute Gasteiger partial charge is 0.394 e. The van der Waals surface area contributed by atoms with Crippen molar-refractivity contribution >= 4 is 17.5 Å². The minimum atomic E-state index is -0.236. The number of para-hydroxylation sites is 1. The van der Waals surface area contributed by atoms with E-state index in [4.69, 9.17) is 0 Å². The van der Waals surface area contributed by atoms with Crippen LogP contribution in [0.25, 0.3) is 0 Å². The van der Waals surface area contributed by atoms with E-state index in [9.17, 15) is 14.7 Å². The highest BCUT2D eigenvalue weighted by Gasteiger charge is 2.55. The zero-order chi connectivity index (χ0) is 20.5. The van der Waals surface area contributed by atoms with E-state index in [2.05, 4.69) is 0 Å². The Morgan fingerprint density at radius 3 is 2.41 bits per heavy atom. The van der Waals surface area contributed by atoms with Crippen LogP contribution in [0, 0.1) is 0 Å². The van der Waals surface area contributed by atoms with Crippen LogP contribution >= 0.6 is 0 Å². The number of carbonyl (C=O) groups is 2. The number of hydrogen-bond acceptors (Lipinski definition) is 4. The van der Waals surface area contributed by atoms with Crippen molar-refractivity contribution in [3.8, 4) is 0 Å². The molecule has 0 spiro atoms. The predicted octanol–water partition coefficient (Wildman–Crippen LogP) is 1.49. The third kappa shape index (κ3) is 3.54. The van der Waals surface area contributed by atoms with E-state index in [0.29, 0.717) is 19.5 Å². The molecule has 2 amide bonds. The highest BCUT2D eigenvalue weighted by atomic mass is 16.3. The second-order valence-corrected chi connectivity index (χ2v) is 8.11. The molecule has 2 aliphatic rings. The van der Waals surface area contributed by atoms with E-state index in [1.807, 2.05) is 78.5 Å².